The van der Waals surface area contributed by atoms with E-state index in [1.54, 1.807) is 51.4 Å². The van der Waals surface area contributed by atoms with Crippen molar-refractivity contribution in [1.29, 1.82) is 0 Å². The van der Waals surface area contributed by atoms with E-state index in [4.69, 9.17) is 0 Å². The van der Waals surface area contributed by atoms with Gasteiger partial charge in [-0.1, -0.05) is 32.6 Å². The van der Waals surface area contributed by atoms with Gasteiger partial charge in [0.1, 0.15) is 0 Å². The summed E-state index contributed by atoms with van der Waals surface area (Å²) in [6.45, 7) is 2.45. The first-order chi connectivity index (χ1) is 7.84. The first kappa shape index (κ1) is 11.1. The first-order valence-corrected chi connectivity index (χ1v) is 7.84. The van der Waals surface area contributed by atoms with Crippen molar-refractivity contribution in [3.05, 3.63) is 0 Å². The molecule has 3 fully saturated rings. The molecule has 92 valence electrons. The average Bonchev–Trinajstić information content (AvgIpc) is 3.14. The molecular weight excluding hydrogens is 192 g/mol. The minimum atomic E-state index is 1.03. The van der Waals surface area contributed by atoms with E-state index in [2.05, 4.69) is 6.92 Å². The fourth-order valence-corrected chi connectivity index (χ4v) is 4.60. The Morgan fingerprint density at radius 1 is 0.562 bits per heavy atom. The summed E-state index contributed by atoms with van der Waals surface area (Å²) >= 11 is 0. The van der Waals surface area contributed by atoms with Crippen LogP contribution in [-0.2, 0) is 0 Å². The van der Waals surface area contributed by atoms with Crippen molar-refractivity contribution in [2.75, 3.05) is 0 Å². The molecule has 0 aromatic heterocycles. The Bertz CT molecular complexity index is 220. The molecule has 0 aromatic rings. The molecule has 0 aromatic carbocycles. The number of hydrogen-bond donors (Lipinski definition) is 0. The van der Waals surface area contributed by atoms with E-state index in [9.17, 15) is 0 Å². The summed E-state index contributed by atoms with van der Waals surface area (Å²) < 4.78 is 0. The largest absolute Gasteiger partial charge is 0.0625 e. The summed E-state index contributed by atoms with van der Waals surface area (Å²) in [6, 6.07) is 0. The van der Waals surface area contributed by atoms with Crippen LogP contribution in [0.4, 0.5) is 0 Å². The minimum absolute atomic E-state index is 1.03. The zero-order valence-electron chi connectivity index (χ0n) is 11.0. The average molecular weight is 220 g/mol. The van der Waals surface area contributed by atoms with Crippen LogP contribution in [0, 0.1) is 29.6 Å². The molecular formula is C16H28. The maximum absolute atomic E-state index is 2.45. The quantitative estimate of drug-likeness (QED) is 0.612. The standard InChI is InChI=1S/C16H28/c1-12-6-8-13(9-7-12)15-4-2-3-5-16(15)14-10-11-14/h12-16H,2-11H2,1H3. The Kier molecular flexibility index (Phi) is 3.27. The highest BCUT2D eigenvalue weighted by atomic mass is 14.5. The van der Waals surface area contributed by atoms with Crippen LogP contribution in [0.1, 0.15) is 71.1 Å². The summed E-state index contributed by atoms with van der Waals surface area (Å²) in [4.78, 5) is 0. The summed E-state index contributed by atoms with van der Waals surface area (Å²) in [7, 11) is 0. The highest BCUT2D eigenvalue weighted by molar-refractivity contribution is 4.91. The highest BCUT2D eigenvalue weighted by Crippen LogP contribution is 2.51. The van der Waals surface area contributed by atoms with Gasteiger partial charge in [0, 0.05) is 0 Å². The van der Waals surface area contributed by atoms with Crippen LogP contribution in [0.2, 0.25) is 0 Å². The third kappa shape index (κ3) is 2.31. The van der Waals surface area contributed by atoms with Gasteiger partial charge in [-0.15, -0.1) is 0 Å². The molecule has 16 heavy (non-hydrogen) atoms. The van der Waals surface area contributed by atoms with Gasteiger partial charge in [-0.3, -0.25) is 0 Å². The topological polar surface area (TPSA) is 0 Å². The van der Waals surface area contributed by atoms with Gasteiger partial charge < -0.3 is 0 Å². The van der Waals surface area contributed by atoms with E-state index < -0.39 is 0 Å². The van der Waals surface area contributed by atoms with Crippen molar-refractivity contribution in [2.24, 2.45) is 29.6 Å². The maximum Gasteiger partial charge on any atom is -0.0355 e. The van der Waals surface area contributed by atoms with Gasteiger partial charge in [-0.2, -0.15) is 0 Å². The Balaban J connectivity index is 1.62. The second kappa shape index (κ2) is 4.70. The van der Waals surface area contributed by atoms with Crippen molar-refractivity contribution in [3.63, 3.8) is 0 Å². The SMILES string of the molecule is CC1CCC(C2CCCCC2C2CC2)CC1. The number of hydrogen-bond acceptors (Lipinski definition) is 0. The van der Waals surface area contributed by atoms with Crippen LogP contribution in [0.25, 0.3) is 0 Å². The lowest BCUT2D eigenvalue weighted by atomic mass is 9.65. The van der Waals surface area contributed by atoms with Gasteiger partial charge in [0.25, 0.3) is 0 Å². The second-order valence-corrected chi connectivity index (χ2v) is 6.97. The van der Waals surface area contributed by atoms with Crippen LogP contribution in [0.5, 0.6) is 0 Å². The molecule has 0 saturated heterocycles. The molecule has 0 spiro atoms. The Hall–Kier alpha value is 0. The Morgan fingerprint density at radius 2 is 1.00 bits per heavy atom. The normalized spacial score (nSPS) is 45.6. The van der Waals surface area contributed by atoms with Gasteiger partial charge in [0.2, 0.25) is 0 Å². The second-order valence-electron chi connectivity index (χ2n) is 6.97. The molecule has 3 rings (SSSR count). The Labute approximate surface area is 101 Å². The van der Waals surface area contributed by atoms with E-state index in [1.165, 1.54) is 18.8 Å². The van der Waals surface area contributed by atoms with Gasteiger partial charge in [0.05, 0.1) is 0 Å². The summed E-state index contributed by atoms with van der Waals surface area (Å²) in [5.41, 5.74) is 0. The van der Waals surface area contributed by atoms with Gasteiger partial charge in [-0.25, -0.2) is 0 Å². The molecule has 0 bridgehead atoms. The van der Waals surface area contributed by atoms with Gasteiger partial charge in [0.15, 0.2) is 0 Å². The third-order valence-corrected chi connectivity index (χ3v) is 5.77. The predicted octanol–water partition coefficient (Wildman–Crippen LogP) is 5.03. The molecule has 3 saturated carbocycles. The van der Waals surface area contributed by atoms with E-state index in [0.29, 0.717) is 0 Å². The van der Waals surface area contributed by atoms with Crippen molar-refractivity contribution >= 4 is 0 Å². The smallest absolute Gasteiger partial charge is 0.0355 e. The van der Waals surface area contributed by atoms with Crippen molar-refractivity contribution in [2.45, 2.75) is 71.1 Å². The fraction of sp³-hybridized carbons (Fsp3) is 1.00. The van der Waals surface area contributed by atoms with Crippen molar-refractivity contribution in [1.82, 2.24) is 0 Å². The molecule has 0 amide bonds. The number of rotatable bonds is 2. The summed E-state index contributed by atoms with van der Waals surface area (Å²) in [5, 5.41) is 0. The van der Waals surface area contributed by atoms with Gasteiger partial charge in [-0.05, 0) is 68.1 Å². The van der Waals surface area contributed by atoms with E-state index in [1.807, 2.05) is 0 Å². The van der Waals surface area contributed by atoms with E-state index in [-0.39, 0.29) is 0 Å². The Morgan fingerprint density at radius 3 is 1.44 bits per heavy atom. The predicted molar refractivity (Wildman–Crippen MR) is 69.3 cm³/mol. The van der Waals surface area contributed by atoms with E-state index in [0.717, 1.165) is 23.7 Å². The molecule has 2 atom stereocenters. The molecule has 3 aliphatic rings. The zero-order valence-corrected chi connectivity index (χ0v) is 11.0. The molecule has 0 N–H and O–H groups in total. The third-order valence-electron chi connectivity index (χ3n) is 5.77. The van der Waals surface area contributed by atoms with E-state index >= 15 is 0 Å². The van der Waals surface area contributed by atoms with Crippen LogP contribution < -0.4 is 0 Å². The summed E-state index contributed by atoms with van der Waals surface area (Å²) in [5.74, 6) is 5.63. The molecule has 3 aliphatic carbocycles. The fourth-order valence-electron chi connectivity index (χ4n) is 4.60. The molecule has 0 radical (unpaired) electrons. The first-order valence-electron chi connectivity index (χ1n) is 7.84. The van der Waals surface area contributed by atoms with Crippen LogP contribution in [0.3, 0.4) is 0 Å². The lowest BCUT2D eigenvalue weighted by molar-refractivity contribution is 0.102. The molecule has 0 nitrogen and oxygen atoms in total. The molecule has 0 aliphatic heterocycles. The highest BCUT2D eigenvalue weighted by Gasteiger charge is 2.41. The summed E-state index contributed by atoms with van der Waals surface area (Å²) in [6.07, 6.45) is 15.6. The monoisotopic (exact) mass is 220 g/mol. The zero-order chi connectivity index (χ0) is 11.0. The van der Waals surface area contributed by atoms with Crippen molar-refractivity contribution < 1.29 is 0 Å². The lowest BCUT2D eigenvalue weighted by Gasteiger charge is -2.40. The van der Waals surface area contributed by atoms with Gasteiger partial charge >= 0.3 is 0 Å². The lowest BCUT2D eigenvalue weighted by Crippen LogP contribution is -2.30. The molecule has 0 heteroatoms. The minimum Gasteiger partial charge on any atom is -0.0625 e. The van der Waals surface area contributed by atoms with Crippen LogP contribution in [-0.4, -0.2) is 0 Å². The molecule has 0 heterocycles. The molecule has 2 unspecified atom stereocenters. The van der Waals surface area contributed by atoms with Crippen molar-refractivity contribution in [3.8, 4) is 0 Å². The van der Waals surface area contributed by atoms with Crippen LogP contribution >= 0.6 is 0 Å². The maximum atomic E-state index is 2.45. The van der Waals surface area contributed by atoms with Crippen LogP contribution in [0.15, 0.2) is 0 Å².